The molecule has 2 aromatic heterocycles. The number of anilines is 1. The van der Waals surface area contributed by atoms with Crippen molar-refractivity contribution in [3.05, 3.63) is 70.2 Å². The molecular formula is C26H22F2N2O5S. The molecule has 0 aliphatic heterocycles. The van der Waals surface area contributed by atoms with Gasteiger partial charge in [0.25, 0.3) is 0 Å². The fraction of sp³-hybridized carbons (Fsp3) is 0.192. The molecule has 2 N–H and O–H groups in total. The topological polar surface area (TPSA) is 101 Å². The lowest BCUT2D eigenvalue weighted by atomic mass is 9.95. The number of alkyl halides is 2. The Labute approximate surface area is 209 Å². The van der Waals surface area contributed by atoms with Gasteiger partial charge in [0.2, 0.25) is 5.78 Å². The first-order valence-electron chi connectivity index (χ1n) is 10.9. The van der Waals surface area contributed by atoms with E-state index in [0.717, 1.165) is 11.3 Å². The van der Waals surface area contributed by atoms with Crippen LogP contribution in [0.25, 0.3) is 21.3 Å². The largest absolute Gasteiger partial charge is 0.497 e. The van der Waals surface area contributed by atoms with E-state index in [1.54, 1.807) is 38.1 Å². The standard InChI is InChI=1S/C26H22F2N2O5S/c1-4-34-25(32)18-13(2)30-24-20(19(18)14-5-11-17(12-6-14)35-26(27)28)21(29)23(36-24)22(31)15-7-9-16(33-3)10-8-15/h5-12,26H,4,29H2,1-3H3. The Bertz CT molecular complexity index is 1430. The molecule has 186 valence electrons. The Hall–Kier alpha value is -4.05. The Morgan fingerprint density at radius 2 is 1.69 bits per heavy atom. The van der Waals surface area contributed by atoms with E-state index in [1.807, 2.05) is 0 Å². The molecule has 36 heavy (non-hydrogen) atoms. The van der Waals surface area contributed by atoms with Gasteiger partial charge in [-0.05, 0) is 55.8 Å². The lowest BCUT2D eigenvalue weighted by molar-refractivity contribution is -0.0498. The number of hydrogen-bond donors (Lipinski definition) is 1. The number of pyridine rings is 1. The molecule has 0 bridgehead atoms. The molecule has 4 rings (SSSR count). The summed E-state index contributed by atoms with van der Waals surface area (Å²) in [5, 5.41) is 0.410. The summed E-state index contributed by atoms with van der Waals surface area (Å²) in [5.74, 6) is -0.350. The first-order chi connectivity index (χ1) is 17.2. The zero-order chi connectivity index (χ0) is 26.0. The van der Waals surface area contributed by atoms with Crippen molar-refractivity contribution in [3.8, 4) is 22.6 Å². The first kappa shape index (κ1) is 25.1. The van der Waals surface area contributed by atoms with Crippen molar-refractivity contribution in [2.24, 2.45) is 0 Å². The van der Waals surface area contributed by atoms with Crippen LogP contribution in [0.5, 0.6) is 11.5 Å². The third-order valence-electron chi connectivity index (χ3n) is 5.46. The first-order valence-corrected chi connectivity index (χ1v) is 11.7. The van der Waals surface area contributed by atoms with Crippen LogP contribution in [0.1, 0.15) is 38.2 Å². The Balaban J connectivity index is 1.93. The highest BCUT2D eigenvalue weighted by Crippen LogP contribution is 2.43. The second-order valence-electron chi connectivity index (χ2n) is 7.65. The highest BCUT2D eigenvalue weighted by Gasteiger charge is 2.27. The monoisotopic (exact) mass is 512 g/mol. The molecule has 0 amide bonds. The Morgan fingerprint density at radius 1 is 1.06 bits per heavy atom. The highest BCUT2D eigenvalue weighted by atomic mass is 32.1. The summed E-state index contributed by atoms with van der Waals surface area (Å²) in [7, 11) is 1.53. The van der Waals surface area contributed by atoms with E-state index in [1.165, 1.54) is 31.4 Å². The van der Waals surface area contributed by atoms with Crippen LogP contribution in [0, 0.1) is 6.92 Å². The molecule has 0 aliphatic rings. The van der Waals surface area contributed by atoms with Crippen molar-refractivity contribution < 1.29 is 32.6 Å². The smallest absolute Gasteiger partial charge is 0.387 e. The number of thiophene rings is 1. The predicted octanol–water partition coefficient (Wildman–Crippen LogP) is 5.87. The van der Waals surface area contributed by atoms with Crippen molar-refractivity contribution in [3.63, 3.8) is 0 Å². The highest BCUT2D eigenvalue weighted by molar-refractivity contribution is 7.21. The van der Waals surface area contributed by atoms with E-state index < -0.39 is 12.6 Å². The minimum atomic E-state index is -2.97. The van der Waals surface area contributed by atoms with Gasteiger partial charge in [-0.1, -0.05) is 12.1 Å². The van der Waals surface area contributed by atoms with Crippen LogP contribution in [0.2, 0.25) is 0 Å². The minimum Gasteiger partial charge on any atom is -0.497 e. The predicted molar refractivity (Wildman–Crippen MR) is 133 cm³/mol. The summed E-state index contributed by atoms with van der Waals surface area (Å²) >= 11 is 1.11. The van der Waals surface area contributed by atoms with E-state index in [-0.39, 0.29) is 34.3 Å². The van der Waals surface area contributed by atoms with Crippen molar-refractivity contribution in [1.82, 2.24) is 4.98 Å². The zero-order valence-corrected chi connectivity index (χ0v) is 20.4. The minimum absolute atomic E-state index is 0.0397. The molecule has 0 unspecified atom stereocenters. The van der Waals surface area contributed by atoms with E-state index in [0.29, 0.717) is 38.4 Å². The maximum Gasteiger partial charge on any atom is 0.387 e. The van der Waals surface area contributed by atoms with E-state index in [9.17, 15) is 18.4 Å². The van der Waals surface area contributed by atoms with Gasteiger partial charge >= 0.3 is 12.6 Å². The Kier molecular flexibility index (Phi) is 7.16. The van der Waals surface area contributed by atoms with Crippen LogP contribution in [-0.4, -0.2) is 37.1 Å². The SMILES string of the molecule is CCOC(=O)c1c(C)nc2sc(C(=O)c3ccc(OC)cc3)c(N)c2c1-c1ccc(OC(F)F)cc1. The van der Waals surface area contributed by atoms with Crippen molar-refractivity contribution in [2.45, 2.75) is 20.5 Å². The molecule has 0 spiro atoms. The number of carbonyl (C=O) groups excluding carboxylic acids is 2. The van der Waals surface area contributed by atoms with E-state index in [2.05, 4.69) is 9.72 Å². The number of esters is 1. The zero-order valence-electron chi connectivity index (χ0n) is 19.6. The number of aromatic nitrogens is 1. The van der Waals surface area contributed by atoms with Crippen LogP contribution in [-0.2, 0) is 4.74 Å². The second-order valence-corrected chi connectivity index (χ2v) is 8.65. The Morgan fingerprint density at radius 3 is 2.28 bits per heavy atom. The molecular weight excluding hydrogens is 490 g/mol. The number of methoxy groups -OCH3 is 1. The summed E-state index contributed by atoms with van der Waals surface area (Å²) in [6, 6.07) is 12.4. The molecule has 0 saturated heterocycles. The van der Waals surface area contributed by atoms with Gasteiger partial charge in [-0.15, -0.1) is 11.3 Å². The van der Waals surface area contributed by atoms with Crippen LogP contribution < -0.4 is 15.2 Å². The molecule has 2 aromatic carbocycles. The number of nitrogens with two attached hydrogens (primary N) is 1. The van der Waals surface area contributed by atoms with Gasteiger partial charge in [0.1, 0.15) is 21.2 Å². The number of halogens is 2. The number of fused-ring (bicyclic) bond motifs is 1. The van der Waals surface area contributed by atoms with E-state index >= 15 is 0 Å². The fourth-order valence-electron chi connectivity index (χ4n) is 3.85. The van der Waals surface area contributed by atoms with Gasteiger partial charge in [0.15, 0.2) is 0 Å². The number of carbonyl (C=O) groups is 2. The van der Waals surface area contributed by atoms with Gasteiger partial charge in [-0.2, -0.15) is 8.78 Å². The van der Waals surface area contributed by atoms with Gasteiger partial charge in [-0.25, -0.2) is 9.78 Å². The number of ketones is 1. The third kappa shape index (κ3) is 4.72. The van der Waals surface area contributed by atoms with Crippen molar-refractivity contribution in [2.75, 3.05) is 19.5 Å². The molecule has 0 saturated carbocycles. The maximum atomic E-state index is 13.3. The van der Waals surface area contributed by atoms with E-state index in [4.69, 9.17) is 15.2 Å². The molecule has 4 aromatic rings. The quantitative estimate of drug-likeness (QED) is 0.233. The average Bonchev–Trinajstić information content (AvgIpc) is 3.18. The third-order valence-corrected chi connectivity index (χ3v) is 6.56. The van der Waals surface area contributed by atoms with Gasteiger partial charge < -0.3 is 19.9 Å². The maximum absolute atomic E-state index is 13.3. The van der Waals surface area contributed by atoms with Crippen molar-refractivity contribution in [1.29, 1.82) is 0 Å². The molecule has 0 fully saturated rings. The molecule has 0 atom stereocenters. The van der Waals surface area contributed by atoms with Gasteiger partial charge in [0.05, 0.1) is 30.7 Å². The summed E-state index contributed by atoms with van der Waals surface area (Å²) < 4.78 is 40.1. The number of aryl methyl sites for hydroxylation is 1. The fourth-order valence-corrected chi connectivity index (χ4v) is 4.97. The van der Waals surface area contributed by atoms with Crippen molar-refractivity contribution >= 4 is 39.0 Å². The van der Waals surface area contributed by atoms with Crippen LogP contribution in [0.3, 0.4) is 0 Å². The molecule has 0 aliphatic carbocycles. The number of nitrogens with zero attached hydrogens (tertiary/aromatic N) is 1. The van der Waals surface area contributed by atoms with Gasteiger partial charge in [-0.3, -0.25) is 4.79 Å². The molecule has 0 radical (unpaired) electrons. The van der Waals surface area contributed by atoms with Crippen LogP contribution in [0.15, 0.2) is 48.5 Å². The number of rotatable bonds is 8. The van der Waals surface area contributed by atoms with Crippen LogP contribution in [0.4, 0.5) is 14.5 Å². The lowest BCUT2D eigenvalue weighted by Gasteiger charge is -2.14. The summed E-state index contributed by atoms with van der Waals surface area (Å²) in [6.45, 7) is 0.501. The van der Waals surface area contributed by atoms with Crippen LogP contribution >= 0.6 is 11.3 Å². The molecule has 2 heterocycles. The molecule has 10 heteroatoms. The lowest BCUT2D eigenvalue weighted by Crippen LogP contribution is -2.11. The summed E-state index contributed by atoms with van der Waals surface area (Å²) in [5.41, 5.74) is 8.55. The number of nitrogen functional groups attached to an aromatic ring is 1. The second kappa shape index (κ2) is 10.3. The average molecular weight is 513 g/mol. The number of benzene rings is 2. The number of hydrogen-bond acceptors (Lipinski definition) is 8. The summed E-state index contributed by atoms with van der Waals surface area (Å²) in [4.78, 5) is 31.5. The normalized spacial score (nSPS) is 11.1. The van der Waals surface area contributed by atoms with Gasteiger partial charge in [0, 0.05) is 16.5 Å². The number of ether oxygens (including phenoxy) is 3. The summed E-state index contributed by atoms with van der Waals surface area (Å²) in [6.07, 6.45) is 0. The molecule has 7 nitrogen and oxygen atoms in total.